The number of thioether (sulfide) groups is 1. The van der Waals surface area contributed by atoms with Crippen LogP contribution in [-0.4, -0.2) is 88.0 Å². The average Bonchev–Trinajstić information content (AvgIpc) is 2.77. The van der Waals surface area contributed by atoms with E-state index < -0.39 is 72.2 Å². The Hall–Kier alpha value is -2.87. The highest BCUT2D eigenvalue weighted by molar-refractivity contribution is 7.98. The average molecular weight is 534 g/mol. The first kappa shape index (κ1) is 33.1. The van der Waals surface area contributed by atoms with Crippen molar-refractivity contribution in [3.05, 3.63) is 0 Å². The van der Waals surface area contributed by atoms with Crippen molar-refractivity contribution in [1.29, 1.82) is 0 Å². The molecule has 0 aliphatic carbocycles. The Morgan fingerprint density at radius 3 is 1.69 bits per heavy atom. The number of hydrogen-bond donors (Lipinski definition) is 7. The van der Waals surface area contributed by atoms with Crippen LogP contribution < -0.4 is 27.0 Å². The molecule has 0 aromatic carbocycles. The number of hydrogen-bond acceptors (Lipinski definition) is 8. The molecule has 0 rings (SSSR count). The van der Waals surface area contributed by atoms with Gasteiger partial charge in [0.25, 0.3) is 0 Å². The van der Waals surface area contributed by atoms with Gasteiger partial charge in [-0.25, -0.2) is 4.79 Å². The largest absolute Gasteiger partial charge is 0.481 e. The molecule has 206 valence electrons. The molecule has 5 atom stereocenters. The maximum absolute atomic E-state index is 13.0. The minimum atomic E-state index is -1.34. The Bertz CT molecular complexity index is 792. The monoisotopic (exact) mass is 533 g/mol. The molecule has 0 heterocycles. The molecule has 36 heavy (non-hydrogen) atoms. The third-order valence-corrected chi connectivity index (χ3v) is 5.65. The molecule has 0 saturated carbocycles. The van der Waals surface area contributed by atoms with Crippen LogP contribution in [-0.2, 0) is 28.8 Å². The fourth-order valence-corrected chi connectivity index (χ4v) is 3.46. The van der Waals surface area contributed by atoms with Gasteiger partial charge in [0.15, 0.2) is 0 Å². The number of carboxylic acid groups (broad SMARTS) is 2. The Labute approximate surface area is 215 Å². The maximum atomic E-state index is 13.0. The predicted octanol–water partition coefficient (Wildman–Crippen LogP) is -0.959. The van der Waals surface area contributed by atoms with E-state index in [9.17, 15) is 33.9 Å². The van der Waals surface area contributed by atoms with Gasteiger partial charge in [-0.05, 0) is 51.0 Å². The molecule has 8 N–H and O–H groups in total. The van der Waals surface area contributed by atoms with E-state index in [0.29, 0.717) is 5.75 Å². The first-order chi connectivity index (χ1) is 16.7. The van der Waals surface area contributed by atoms with Gasteiger partial charge in [0.2, 0.25) is 23.6 Å². The molecule has 0 aromatic rings. The van der Waals surface area contributed by atoms with E-state index in [-0.39, 0.29) is 25.2 Å². The van der Waals surface area contributed by atoms with Crippen molar-refractivity contribution in [2.24, 2.45) is 11.7 Å². The van der Waals surface area contributed by atoms with E-state index >= 15 is 0 Å². The Morgan fingerprint density at radius 2 is 1.25 bits per heavy atom. The zero-order chi connectivity index (χ0) is 28.0. The van der Waals surface area contributed by atoms with Crippen molar-refractivity contribution < 1.29 is 39.0 Å². The summed E-state index contributed by atoms with van der Waals surface area (Å²) in [4.78, 5) is 72.7. The molecule has 4 amide bonds. The third kappa shape index (κ3) is 13.3. The van der Waals surface area contributed by atoms with Gasteiger partial charge in [-0.2, -0.15) is 11.8 Å². The third-order valence-electron chi connectivity index (χ3n) is 5.01. The van der Waals surface area contributed by atoms with E-state index in [4.69, 9.17) is 10.8 Å². The number of amides is 4. The molecular weight excluding hydrogens is 494 g/mol. The minimum absolute atomic E-state index is 0.0469. The molecule has 0 aliphatic heterocycles. The maximum Gasteiger partial charge on any atom is 0.326 e. The standard InChI is InChI=1S/C22H39N5O8S/c1-11(2)10-16(22(34)35)27-20(32)14(6-7-17(28)29)26-21(33)15(8-9-36-5)25-19(31)13(4)24-18(30)12(3)23/h11-16H,6-10,23H2,1-5H3,(H,24,30)(H,25,31)(H,26,33)(H,27,32)(H,28,29)(H,34,35)/t12-,13-,14-,15-,16-/m0/s1. The van der Waals surface area contributed by atoms with Crippen molar-refractivity contribution in [1.82, 2.24) is 21.3 Å². The van der Waals surface area contributed by atoms with Crippen LogP contribution >= 0.6 is 11.8 Å². The van der Waals surface area contributed by atoms with Gasteiger partial charge in [-0.3, -0.25) is 24.0 Å². The van der Waals surface area contributed by atoms with Gasteiger partial charge in [0, 0.05) is 6.42 Å². The molecule has 0 saturated heterocycles. The number of carbonyl (C=O) groups excluding carboxylic acids is 4. The lowest BCUT2D eigenvalue weighted by Gasteiger charge is -2.25. The Morgan fingerprint density at radius 1 is 0.750 bits per heavy atom. The summed E-state index contributed by atoms with van der Waals surface area (Å²) in [5.74, 6) is -4.83. The highest BCUT2D eigenvalue weighted by atomic mass is 32.2. The number of nitrogens with one attached hydrogen (secondary N) is 4. The Balaban J connectivity index is 5.57. The lowest BCUT2D eigenvalue weighted by molar-refractivity contribution is -0.143. The number of carboxylic acids is 2. The molecule has 0 radical (unpaired) electrons. The smallest absolute Gasteiger partial charge is 0.326 e. The van der Waals surface area contributed by atoms with Gasteiger partial charge in [0.05, 0.1) is 6.04 Å². The number of carbonyl (C=O) groups is 6. The van der Waals surface area contributed by atoms with Crippen LogP contribution in [0, 0.1) is 5.92 Å². The SMILES string of the molecule is CSCC[C@H](NC(=O)[C@H](C)NC(=O)[C@H](C)N)C(=O)N[C@@H](CCC(=O)O)C(=O)N[C@@H](CC(C)C)C(=O)O. The summed E-state index contributed by atoms with van der Waals surface area (Å²) < 4.78 is 0. The summed E-state index contributed by atoms with van der Waals surface area (Å²) in [6, 6.07) is -5.48. The molecule has 0 aliphatic rings. The van der Waals surface area contributed by atoms with Gasteiger partial charge in [0.1, 0.15) is 24.2 Å². The summed E-state index contributed by atoms with van der Waals surface area (Å²) >= 11 is 1.41. The molecular formula is C22H39N5O8S. The lowest BCUT2D eigenvalue weighted by atomic mass is 10.0. The summed E-state index contributed by atoms with van der Waals surface area (Å²) in [6.45, 7) is 6.43. The zero-order valence-electron chi connectivity index (χ0n) is 21.3. The van der Waals surface area contributed by atoms with Crippen LogP contribution in [0.3, 0.4) is 0 Å². The summed E-state index contributed by atoms with van der Waals surface area (Å²) in [5, 5.41) is 28.2. The van der Waals surface area contributed by atoms with E-state index in [0.717, 1.165) is 0 Å². The first-order valence-corrected chi connectivity index (χ1v) is 13.0. The number of aliphatic carboxylic acids is 2. The fraction of sp³-hybridized carbons (Fsp3) is 0.727. The topological polar surface area (TPSA) is 217 Å². The van der Waals surface area contributed by atoms with Crippen molar-refractivity contribution in [2.75, 3.05) is 12.0 Å². The second-order valence-electron chi connectivity index (χ2n) is 8.88. The number of rotatable bonds is 17. The molecule has 14 heteroatoms. The van der Waals surface area contributed by atoms with Gasteiger partial charge < -0.3 is 37.2 Å². The van der Waals surface area contributed by atoms with E-state index in [2.05, 4.69) is 21.3 Å². The highest BCUT2D eigenvalue weighted by Crippen LogP contribution is 2.08. The van der Waals surface area contributed by atoms with Gasteiger partial charge >= 0.3 is 11.9 Å². The highest BCUT2D eigenvalue weighted by Gasteiger charge is 2.31. The fourth-order valence-electron chi connectivity index (χ4n) is 2.99. The van der Waals surface area contributed by atoms with Gasteiger partial charge in [-0.1, -0.05) is 13.8 Å². The first-order valence-electron chi connectivity index (χ1n) is 11.6. The van der Waals surface area contributed by atoms with Crippen LogP contribution in [0.5, 0.6) is 0 Å². The van der Waals surface area contributed by atoms with E-state index in [1.54, 1.807) is 20.1 Å². The second kappa shape index (κ2) is 16.7. The van der Waals surface area contributed by atoms with Crippen LogP contribution in [0.25, 0.3) is 0 Å². The van der Waals surface area contributed by atoms with Crippen LogP contribution in [0.15, 0.2) is 0 Å². The normalized spacial score (nSPS) is 15.1. The molecule has 0 aromatic heterocycles. The molecule has 0 fully saturated rings. The van der Waals surface area contributed by atoms with Crippen molar-refractivity contribution >= 4 is 47.3 Å². The van der Waals surface area contributed by atoms with Crippen LogP contribution in [0.1, 0.15) is 53.4 Å². The molecule has 0 spiro atoms. The number of nitrogens with two attached hydrogens (primary N) is 1. The van der Waals surface area contributed by atoms with Gasteiger partial charge in [-0.15, -0.1) is 0 Å². The van der Waals surface area contributed by atoms with Crippen molar-refractivity contribution in [3.63, 3.8) is 0 Å². The summed E-state index contributed by atoms with van der Waals surface area (Å²) in [5.41, 5.74) is 5.48. The quantitative estimate of drug-likeness (QED) is 0.121. The second-order valence-corrected chi connectivity index (χ2v) is 9.87. The minimum Gasteiger partial charge on any atom is -0.481 e. The van der Waals surface area contributed by atoms with Crippen LogP contribution in [0.4, 0.5) is 0 Å². The molecule has 0 bridgehead atoms. The van der Waals surface area contributed by atoms with E-state index in [1.807, 2.05) is 0 Å². The Kier molecular flexibility index (Phi) is 15.4. The summed E-state index contributed by atoms with van der Waals surface area (Å²) in [7, 11) is 0. The van der Waals surface area contributed by atoms with Crippen molar-refractivity contribution in [2.45, 2.75) is 83.6 Å². The summed E-state index contributed by atoms with van der Waals surface area (Å²) in [6.07, 6.45) is 1.38. The molecule has 0 unspecified atom stereocenters. The predicted molar refractivity (Wildman–Crippen MR) is 134 cm³/mol. The lowest BCUT2D eigenvalue weighted by Crippen LogP contribution is -2.58. The molecule has 13 nitrogen and oxygen atoms in total. The zero-order valence-corrected chi connectivity index (χ0v) is 22.1. The van der Waals surface area contributed by atoms with Crippen LogP contribution in [0.2, 0.25) is 0 Å². The van der Waals surface area contributed by atoms with Crippen molar-refractivity contribution in [3.8, 4) is 0 Å². The van der Waals surface area contributed by atoms with E-state index in [1.165, 1.54) is 25.6 Å².